The lowest BCUT2D eigenvalue weighted by Crippen LogP contribution is -2.11. The summed E-state index contributed by atoms with van der Waals surface area (Å²) in [6, 6.07) is 13.9. The molecule has 2 aromatic carbocycles. The van der Waals surface area contributed by atoms with Gasteiger partial charge in [-0.05, 0) is 31.5 Å². The van der Waals surface area contributed by atoms with Crippen molar-refractivity contribution >= 4 is 16.9 Å². The zero-order valence-corrected chi connectivity index (χ0v) is 14.7. The number of carbonyl (C=O) groups is 1. The molecule has 4 aromatic rings. The number of aromatic nitrogens is 1. The van der Waals surface area contributed by atoms with Gasteiger partial charge in [-0.3, -0.25) is 4.79 Å². The van der Waals surface area contributed by atoms with Crippen LogP contribution in [0.25, 0.3) is 22.1 Å². The van der Waals surface area contributed by atoms with Crippen molar-refractivity contribution in [3.05, 3.63) is 82.0 Å². The zero-order chi connectivity index (χ0) is 19.0. The molecule has 6 nitrogen and oxygen atoms in total. The Bertz CT molecular complexity index is 1180. The van der Waals surface area contributed by atoms with E-state index < -0.39 is 5.97 Å². The van der Waals surface area contributed by atoms with E-state index in [1.165, 1.54) is 12.3 Å². The number of rotatable bonds is 3. The second-order valence-corrected chi connectivity index (χ2v) is 6.09. The van der Waals surface area contributed by atoms with E-state index in [0.717, 1.165) is 5.56 Å². The number of ether oxygens (including phenoxy) is 1. The molecule has 0 unspecified atom stereocenters. The van der Waals surface area contributed by atoms with Crippen LogP contribution in [0.3, 0.4) is 0 Å². The van der Waals surface area contributed by atoms with Crippen molar-refractivity contribution in [3.63, 3.8) is 0 Å². The van der Waals surface area contributed by atoms with Gasteiger partial charge >= 0.3 is 5.97 Å². The molecule has 2 heterocycles. The summed E-state index contributed by atoms with van der Waals surface area (Å²) < 4.78 is 16.0. The molecule has 0 amide bonds. The Morgan fingerprint density at radius 2 is 1.85 bits per heavy atom. The lowest BCUT2D eigenvalue weighted by atomic mass is 10.1. The maximum atomic E-state index is 12.8. The van der Waals surface area contributed by atoms with Gasteiger partial charge in [-0.15, -0.1) is 0 Å². The summed E-state index contributed by atoms with van der Waals surface area (Å²) in [6.07, 6.45) is 1.42. The maximum Gasteiger partial charge on any atom is 0.349 e. The second kappa shape index (κ2) is 6.57. The van der Waals surface area contributed by atoms with Gasteiger partial charge in [0.15, 0.2) is 5.43 Å². The Labute approximate surface area is 154 Å². The number of benzene rings is 2. The van der Waals surface area contributed by atoms with Crippen LogP contribution in [0.4, 0.5) is 0 Å². The second-order valence-electron chi connectivity index (χ2n) is 6.09. The van der Waals surface area contributed by atoms with E-state index in [0.29, 0.717) is 28.0 Å². The largest absolute Gasteiger partial charge is 0.463 e. The SMILES string of the molecule is Cc1noc(C)c1C(=O)Oc1ccc2c(=O)c(-c3ccccc3)coc2c1. The molecule has 2 aromatic heterocycles. The zero-order valence-electron chi connectivity index (χ0n) is 14.7. The van der Waals surface area contributed by atoms with Crippen LogP contribution in [0.2, 0.25) is 0 Å². The number of fused-ring (bicyclic) bond motifs is 1. The predicted molar refractivity (Wildman–Crippen MR) is 98.9 cm³/mol. The van der Waals surface area contributed by atoms with Crippen molar-refractivity contribution in [2.24, 2.45) is 0 Å². The molecule has 6 heteroatoms. The van der Waals surface area contributed by atoms with Crippen LogP contribution < -0.4 is 10.2 Å². The first-order valence-electron chi connectivity index (χ1n) is 8.30. The molecule has 0 saturated heterocycles. The van der Waals surface area contributed by atoms with Crippen molar-refractivity contribution in [2.45, 2.75) is 13.8 Å². The average Bonchev–Trinajstić information content (AvgIpc) is 3.01. The maximum absolute atomic E-state index is 12.8. The molecular formula is C21H15NO5. The minimum Gasteiger partial charge on any atom is -0.463 e. The fourth-order valence-electron chi connectivity index (χ4n) is 2.92. The third kappa shape index (κ3) is 3.01. The Balaban J connectivity index is 1.70. The average molecular weight is 361 g/mol. The summed E-state index contributed by atoms with van der Waals surface area (Å²) in [5, 5.41) is 4.15. The Hall–Kier alpha value is -3.67. The van der Waals surface area contributed by atoms with Gasteiger partial charge in [0.25, 0.3) is 0 Å². The van der Waals surface area contributed by atoms with Gasteiger partial charge in [-0.25, -0.2) is 4.79 Å². The summed E-state index contributed by atoms with van der Waals surface area (Å²) in [5.41, 5.74) is 2.19. The number of aryl methyl sites for hydroxylation is 2. The van der Waals surface area contributed by atoms with E-state index in [4.69, 9.17) is 13.7 Å². The molecule has 0 fully saturated rings. The minimum absolute atomic E-state index is 0.147. The molecule has 0 aliphatic rings. The number of hydrogen-bond donors (Lipinski definition) is 0. The van der Waals surface area contributed by atoms with Crippen molar-refractivity contribution in [2.75, 3.05) is 0 Å². The van der Waals surface area contributed by atoms with Crippen LogP contribution in [0, 0.1) is 13.8 Å². The Kier molecular flexibility index (Phi) is 4.08. The van der Waals surface area contributed by atoms with Crippen LogP contribution in [0.15, 0.2) is 68.5 Å². The van der Waals surface area contributed by atoms with Crippen molar-refractivity contribution in [1.29, 1.82) is 0 Å². The fraction of sp³-hybridized carbons (Fsp3) is 0.0952. The molecule has 0 aliphatic carbocycles. The minimum atomic E-state index is -0.575. The van der Waals surface area contributed by atoms with Crippen LogP contribution in [0.1, 0.15) is 21.8 Å². The predicted octanol–water partition coefficient (Wildman–Crippen LogP) is 4.28. The van der Waals surface area contributed by atoms with Gasteiger partial charge in [0.05, 0.1) is 16.6 Å². The van der Waals surface area contributed by atoms with Gasteiger partial charge in [0, 0.05) is 6.07 Å². The third-order valence-electron chi connectivity index (χ3n) is 4.28. The van der Waals surface area contributed by atoms with Gasteiger partial charge in [0.2, 0.25) is 0 Å². The van der Waals surface area contributed by atoms with E-state index >= 15 is 0 Å². The highest BCUT2D eigenvalue weighted by Crippen LogP contribution is 2.24. The summed E-state index contributed by atoms with van der Waals surface area (Å²) >= 11 is 0. The quantitative estimate of drug-likeness (QED) is 0.400. The number of carbonyl (C=O) groups excluding carboxylic acids is 1. The fourth-order valence-corrected chi connectivity index (χ4v) is 2.92. The monoisotopic (exact) mass is 361 g/mol. The molecule has 0 N–H and O–H groups in total. The molecule has 0 spiro atoms. The summed E-state index contributed by atoms with van der Waals surface area (Å²) in [6.45, 7) is 3.30. The third-order valence-corrected chi connectivity index (χ3v) is 4.28. The molecule has 0 radical (unpaired) electrons. The van der Waals surface area contributed by atoms with E-state index in [-0.39, 0.29) is 16.7 Å². The molecule has 4 rings (SSSR count). The van der Waals surface area contributed by atoms with Crippen molar-refractivity contribution < 1.29 is 18.5 Å². The summed E-state index contributed by atoms with van der Waals surface area (Å²) in [4.78, 5) is 25.1. The molecule has 0 atom stereocenters. The standard InChI is InChI=1S/C21H15NO5/c1-12-19(13(2)27-22-12)21(24)26-15-8-9-16-18(10-15)25-11-17(20(16)23)14-6-4-3-5-7-14/h3-11H,1-2H3. The van der Waals surface area contributed by atoms with Crippen LogP contribution in [0.5, 0.6) is 5.75 Å². The number of nitrogens with zero attached hydrogens (tertiary/aromatic N) is 1. The van der Waals surface area contributed by atoms with Crippen LogP contribution in [-0.4, -0.2) is 11.1 Å². The lowest BCUT2D eigenvalue weighted by molar-refractivity contribution is 0.0732. The smallest absolute Gasteiger partial charge is 0.349 e. The first-order valence-corrected chi connectivity index (χ1v) is 8.30. The normalized spacial score (nSPS) is 10.9. The molecular weight excluding hydrogens is 346 g/mol. The Morgan fingerprint density at radius 3 is 2.56 bits per heavy atom. The highest BCUT2D eigenvalue weighted by atomic mass is 16.5. The highest BCUT2D eigenvalue weighted by Gasteiger charge is 2.20. The highest BCUT2D eigenvalue weighted by molar-refractivity contribution is 5.93. The number of hydrogen-bond acceptors (Lipinski definition) is 6. The first kappa shape index (κ1) is 16.8. The van der Waals surface area contributed by atoms with Gasteiger partial charge < -0.3 is 13.7 Å². The van der Waals surface area contributed by atoms with Crippen LogP contribution in [-0.2, 0) is 0 Å². The van der Waals surface area contributed by atoms with E-state index in [1.54, 1.807) is 26.0 Å². The van der Waals surface area contributed by atoms with E-state index in [9.17, 15) is 9.59 Å². The van der Waals surface area contributed by atoms with Gasteiger partial charge in [-0.2, -0.15) is 0 Å². The van der Waals surface area contributed by atoms with Gasteiger partial charge in [0.1, 0.15) is 28.9 Å². The summed E-state index contributed by atoms with van der Waals surface area (Å²) in [5.74, 6) is 0.0780. The summed E-state index contributed by atoms with van der Waals surface area (Å²) in [7, 11) is 0. The van der Waals surface area contributed by atoms with E-state index in [1.807, 2.05) is 30.3 Å². The van der Waals surface area contributed by atoms with Crippen molar-refractivity contribution in [3.8, 4) is 16.9 Å². The molecule has 27 heavy (non-hydrogen) atoms. The van der Waals surface area contributed by atoms with Crippen molar-refractivity contribution in [1.82, 2.24) is 5.16 Å². The van der Waals surface area contributed by atoms with E-state index in [2.05, 4.69) is 5.16 Å². The van der Waals surface area contributed by atoms with Gasteiger partial charge in [-0.1, -0.05) is 35.5 Å². The van der Waals surface area contributed by atoms with Crippen LogP contribution >= 0.6 is 0 Å². The molecule has 0 saturated carbocycles. The molecule has 0 aliphatic heterocycles. The topological polar surface area (TPSA) is 82.5 Å². The molecule has 134 valence electrons. The molecule has 0 bridgehead atoms. The number of esters is 1. The first-order chi connectivity index (χ1) is 13.0. The lowest BCUT2D eigenvalue weighted by Gasteiger charge is -2.06. The Morgan fingerprint density at radius 1 is 1.07 bits per heavy atom.